The Kier molecular flexibility index (Phi) is 3.70. The zero-order valence-electron chi connectivity index (χ0n) is 12.4. The summed E-state index contributed by atoms with van der Waals surface area (Å²) in [6.07, 6.45) is 0.300. The number of aromatic nitrogens is 3. The highest BCUT2D eigenvalue weighted by Gasteiger charge is 2.68. The van der Waals surface area contributed by atoms with Crippen LogP contribution >= 0.6 is 0 Å². The Morgan fingerprint density at radius 1 is 1.62 bits per heavy atom. The first-order valence-corrected chi connectivity index (χ1v) is 7.42. The fourth-order valence-corrected chi connectivity index (χ4v) is 4.12. The van der Waals surface area contributed by atoms with Gasteiger partial charge in [0.25, 0.3) is 0 Å². The van der Waals surface area contributed by atoms with Gasteiger partial charge in [-0.05, 0) is 13.8 Å². The Morgan fingerprint density at radius 3 is 2.71 bits per heavy atom. The van der Waals surface area contributed by atoms with Gasteiger partial charge in [0.1, 0.15) is 23.6 Å². The van der Waals surface area contributed by atoms with Gasteiger partial charge in [0.2, 0.25) is 5.95 Å². The monoisotopic (exact) mass is 316 g/mol. The van der Waals surface area contributed by atoms with E-state index in [1.807, 2.05) is 0 Å². The normalized spacial score (nSPS) is 39.8. The predicted molar refractivity (Wildman–Crippen MR) is 76.6 cm³/mol. The lowest BCUT2D eigenvalue weighted by molar-refractivity contribution is -0.173. The highest BCUT2D eigenvalue weighted by molar-refractivity contribution is 6.14. The molecule has 0 aliphatic carbocycles. The molecule has 4 atom stereocenters. The summed E-state index contributed by atoms with van der Waals surface area (Å²) >= 11 is 0. The summed E-state index contributed by atoms with van der Waals surface area (Å²) in [6.45, 7) is 2.71. The summed E-state index contributed by atoms with van der Waals surface area (Å²) in [7, 11) is 1.68. The molecule has 2 rings (SSSR count). The molecule has 10 heteroatoms. The van der Waals surface area contributed by atoms with Gasteiger partial charge in [-0.1, -0.05) is 0 Å². The van der Waals surface area contributed by atoms with E-state index < -0.39 is 35.0 Å². The van der Waals surface area contributed by atoms with Gasteiger partial charge in [0, 0.05) is 7.11 Å². The number of ether oxygens (including phenoxy) is 2. The third-order valence-corrected chi connectivity index (χ3v) is 6.28. The van der Waals surface area contributed by atoms with Crippen LogP contribution in [-0.2, 0) is 14.8 Å². The predicted octanol–water partition coefficient (Wildman–Crippen LogP) is -3.26. The standard InChI is InChI=1S/C11H20N4O5Si/c1-9(18)6(4-16)20-11(21,10(9,2)19-3)15-5-13-7(12)14-8(15)17/h5-6,16,18H,4H2,1-3,21H3,(H2,12,14,17)/t6-,9-,10-,11+/m1/s1. The van der Waals surface area contributed by atoms with Crippen molar-refractivity contribution in [1.29, 1.82) is 0 Å². The van der Waals surface area contributed by atoms with Crippen LogP contribution in [0.1, 0.15) is 13.8 Å². The lowest BCUT2D eigenvalue weighted by Gasteiger charge is -2.44. The van der Waals surface area contributed by atoms with E-state index in [0.29, 0.717) is 0 Å². The van der Waals surface area contributed by atoms with Crippen molar-refractivity contribution >= 4 is 16.2 Å². The van der Waals surface area contributed by atoms with Crippen LogP contribution in [0, 0.1) is 0 Å². The lowest BCUT2D eigenvalue weighted by atomic mass is 9.82. The second kappa shape index (κ2) is 4.85. The zero-order valence-corrected chi connectivity index (χ0v) is 14.4. The molecule has 0 saturated carbocycles. The Hall–Kier alpha value is -1.33. The Morgan fingerprint density at radius 2 is 2.24 bits per heavy atom. The number of aliphatic hydroxyl groups excluding tert-OH is 1. The SMILES string of the molecule is CO[C@@]1(C)[C@]([SiH3])(n2cnc(N)nc2=O)O[C@H](CO)[C@@]1(C)O. The number of anilines is 1. The molecule has 4 N–H and O–H groups in total. The number of nitrogen functional groups attached to an aromatic ring is 1. The van der Waals surface area contributed by atoms with E-state index >= 15 is 0 Å². The van der Waals surface area contributed by atoms with Gasteiger partial charge < -0.3 is 25.4 Å². The van der Waals surface area contributed by atoms with E-state index in [2.05, 4.69) is 9.97 Å². The molecule has 9 nitrogen and oxygen atoms in total. The molecule has 1 saturated heterocycles. The highest BCUT2D eigenvalue weighted by Crippen LogP contribution is 2.49. The first-order chi connectivity index (χ1) is 9.64. The second-order valence-corrected chi connectivity index (χ2v) is 6.88. The molecule has 0 unspecified atom stereocenters. The van der Waals surface area contributed by atoms with Crippen molar-refractivity contribution in [3.63, 3.8) is 0 Å². The molecule has 0 bridgehead atoms. The van der Waals surface area contributed by atoms with Gasteiger partial charge in [-0.25, -0.2) is 9.78 Å². The first-order valence-electron chi connectivity index (χ1n) is 6.42. The molecule has 1 aliphatic heterocycles. The molecule has 0 spiro atoms. The van der Waals surface area contributed by atoms with Crippen molar-refractivity contribution in [2.24, 2.45) is 0 Å². The van der Waals surface area contributed by atoms with Crippen molar-refractivity contribution in [2.75, 3.05) is 19.5 Å². The average molecular weight is 316 g/mol. The summed E-state index contributed by atoms with van der Waals surface area (Å²) < 4.78 is 12.5. The quantitative estimate of drug-likeness (QED) is 0.495. The Balaban J connectivity index is 2.67. The van der Waals surface area contributed by atoms with Gasteiger partial charge in [-0.2, -0.15) is 4.98 Å². The van der Waals surface area contributed by atoms with Crippen molar-refractivity contribution in [3.8, 4) is 0 Å². The molecular formula is C11H20N4O5Si. The van der Waals surface area contributed by atoms with Crippen LogP contribution in [0.15, 0.2) is 11.1 Å². The maximum Gasteiger partial charge on any atom is 0.354 e. The van der Waals surface area contributed by atoms with E-state index in [9.17, 15) is 15.0 Å². The number of hydrogen-bond donors (Lipinski definition) is 3. The second-order valence-electron chi connectivity index (χ2n) is 5.52. The topological polar surface area (TPSA) is 133 Å². The minimum atomic E-state index is -1.51. The lowest BCUT2D eigenvalue weighted by Crippen LogP contribution is -2.64. The fraction of sp³-hybridized carbons (Fsp3) is 0.727. The van der Waals surface area contributed by atoms with E-state index in [-0.39, 0.29) is 16.2 Å². The first kappa shape index (κ1) is 16.0. The van der Waals surface area contributed by atoms with Crippen molar-refractivity contribution in [1.82, 2.24) is 14.5 Å². The summed E-state index contributed by atoms with van der Waals surface area (Å²) in [5, 5.41) is 18.9. The van der Waals surface area contributed by atoms with Crippen molar-refractivity contribution < 1.29 is 19.7 Å². The summed E-state index contributed by atoms with van der Waals surface area (Å²) in [5.41, 5.74) is 1.94. The van der Waals surface area contributed by atoms with Crippen LogP contribution in [0.25, 0.3) is 0 Å². The summed E-state index contributed by atoms with van der Waals surface area (Å²) in [5.74, 6) is -0.149. The molecular weight excluding hydrogens is 296 g/mol. The molecule has 1 aromatic heterocycles. The number of methoxy groups -OCH3 is 1. The van der Waals surface area contributed by atoms with E-state index in [1.54, 1.807) is 6.92 Å². The molecule has 118 valence electrons. The van der Waals surface area contributed by atoms with Gasteiger partial charge in [0.15, 0.2) is 5.35 Å². The maximum absolute atomic E-state index is 12.1. The molecule has 1 aromatic rings. The number of nitrogens with zero attached hydrogens (tertiary/aromatic N) is 3. The van der Waals surface area contributed by atoms with Gasteiger partial charge in [-0.3, -0.25) is 4.57 Å². The van der Waals surface area contributed by atoms with Crippen LogP contribution in [0.3, 0.4) is 0 Å². The molecule has 0 radical (unpaired) electrons. The Bertz CT molecular complexity index is 609. The van der Waals surface area contributed by atoms with Gasteiger partial charge in [0.05, 0.1) is 16.8 Å². The van der Waals surface area contributed by atoms with Gasteiger partial charge in [-0.15, -0.1) is 0 Å². The fourth-order valence-electron chi connectivity index (χ4n) is 2.82. The highest BCUT2D eigenvalue weighted by atomic mass is 28.1. The largest absolute Gasteiger partial charge is 0.394 e. The van der Waals surface area contributed by atoms with Crippen LogP contribution in [0.4, 0.5) is 5.95 Å². The Labute approximate surface area is 124 Å². The number of nitrogens with two attached hydrogens (primary N) is 1. The average Bonchev–Trinajstić information content (AvgIpc) is 2.57. The van der Waals surface area contributed by atoms with Crippen molar-refractivity contribution in [3.05, 3.63) is 16.8 Å². The number of rotatable bonds is 3. The minimum Gasteiger partial charge on any atom is -0.394 e. The van der Waals surface area contributed by atoms with E-state index in [1.165, 1.54) is 20.4 Å². The number of hydrogen-bond acceptors (Lipinski definition) is 8. The molecule has 1 fully saturated rings. The summed E-state index contributed by atoms with van der Waals surface area (Å²) in [4.78, 5) is 19.5. The van der Waals surface area contributed by atoms with E-state index in [0.717, 1.165) is 4.57 Å². The zero-order chi connectivity index (χ0) is 16.1. The van der Waals surface area contributed by atoms with Crippen LogP contribution in [0.2, 0.25) is 0 Å². The van der Waals surface area contributed by atoms with Crippen molar-refractivity contribution in [2.45, 2.75) is 36.5 Å². The molecule has 2 heterocycles. The van der Waals surface area contributed by atoms with Crippen LogP contribution in [0.5, 0.6) is 0 Å². The number of aliphatic hydroxyl groups is 2. The minimum absolute atomic E-state index is 0.149. The van der Waals surface area contributed by atoms with Crippen LogP contribution in [-0.4, -0.2) is 66.0 Å². The third kappa shape index (κ3) is 1.94. The molecule has 0 aromatic carbocycles. The third-order valence-electron chi connectivity index (χ3n) is 4.61. The molecule has 0 amide bonds. The molecule has 1 aliphatic rings. The summed E-state index contributed by atoms with van der Waals surface area (Å²) in [6, 6.07) is 0. The molecule has 21 heavy (non-hydrogen) atoms. The van der Waals surface area contributed by atoms with Gasteiger partial charge >= 0.3 is 5.69 Å². The smallest absolute Gasteiger partial charge is 0.354 e. The maximum atomic E-state index is 12.1. The van der Waals surface area contributed by atoms with Crippen LogP contribution < -0.4 is 11.4 Å². The van der Waals surface area contributed by atoms with E-state index in [4.69, 9.17) is 15.2 Å².